The normalized spacial score (nSPS) is 21.5. The molecule has 0 N–H and O–H groups in total. The number of carbonyl (C=O) groups is 1. The molecule has 1 aliphatic heterocycles. The summed E-state index contributed by atoms with van der Waals surface area (Å²) in [4.78, 5) is 13.5. The van der Waals surface area contributed by atoms with Crippen molar-refractivity contribution in [2.45, 2.75) is 25.9 Å². The second-order valence-electron chi connectivity index (χ2n) is 3.17. The Labute approximate surface area is 79.4 Å². The van der Waals surface area contributed by atoms with Gasteiger partial charge >= 0.3 is 0 Å². The van der Waals surface area contributed by atoms with Crippen LogP contribution >= 0.6 is 0 Å². The Kier molecular flexibility index (Phi) is 3.96. The molecule has 0 aromatic carbocycles. The molecule has 0 aromatic heterocycles. The largest absolute Gasteiger partial charge is 0.368 e. The second-order valence-corrected chi connectivity index (χ2v) is 3.17. The Morgan fingerprint density at radius 3 is 3.00 bits per heavy atom. The molecule has 74 valence electrons. The Bertz CT molecular complexity index is 185. The molecule has 1 fully saturated rings. The van der Waals surface area contributed by atoms with Crippen LogP contribution in [0.2, 0.25) is 0 Å². The summed E-state index contributed by atoms with van der Waals surface area (Å²) >= 11 is 0. The number of amides is 1. The average molecular weight is 183 g/mol. The third-order valence-electron chi connectivity index (χ3n) is 2.25. The molecule has 1 rings (SSSR count). The summed E-state index contributed by atoms with van der Waals surface area (Å²) in [5.74, 6) is 0.111. The summed E-state index contributed by atoms with van der Waals surface area (Å²) in [6, 6.07) is 0. The van der Waals surface area contributed by atoms with Gasteiger partial charge in [0, 0.05) is 19.7 Å². The van der Waals surface area contributed by atoms with Gasteiger partial charge in [-0.25, -0.2) is 0 Å². The Morgan fingerprint density at radius 2 is 2.54 bits per heavy atom. The highest BCUT2D eigenvalue weighted by Gasteiger charge is 2.26. The van der Waals surface area contributed by atoms with Crippen LogP contribution in [0.25, 0.3) is 0 Å². The van der Waals surface area contributed by atoms with E-state index in [-0.39, 0.29) is 12.0 Å². The fourth-order valence-electron chi connectivity index (χ4n) is 1.51. The first-order valence-corrected chi connectivity index (χ1v) is 4.81. The molecule has 1 amide bonds. The molecular formula is C10H17NO2. The summed E-state index contributed by atoms with van der Waals surface area (Å²) in [6.45, 7) is 7.66. The summed E-state index contributed by atoms with van der Waals surface area (Å²) < 4.78 is 5.32. The predicted octanol–water partition coefficient (Wildman–Crippen LogP) is 1.20. The maximum absolute atomic E-state index is 11.7. The summed E-state index contributed by atoms with van der Waals surface area (Å²) in [5, 5.41) is 0. The van der Waals surface area contributed by atoms with Crippen LogP contribution in [-0.2, 0) is 9.53 Å². The third-order valence-corrected chi connectivity index (χ3v) is 2.25. The van der Waals surface area contributed by atoms with Crippen LogP contribution in [0.3, 0.4) is 0 Å². The molecule has 1 aliphatic rings. The van der Waals surface area contributed by atoms with Gasteiger partial charge in [-0.05, 0) is 19.8 Å². The van der Waals surface area contributed by atoms with Crippen molar-refractivity contribution < 1.29 is 9.53 Å². The molecule has 3 nitrogen and oxygen atoms in total. The van der Waals surface area contributed by atoms with Gasteiger partial charge in [-0.15, -0.1) is 6.58 Å². The van der Waals surface area contributed by atoms with Crippen LogP contribution in [0.4, 0.5) is 0 Å². The molecule has 1 saturated heterocycles. The first-order valence-electron chi connectivity index (χ1n) is 4.81. The average Bonchev–Trinajstić information content (AvgIpc) is 2.65. The van der Waals surface area contributed by atoms with Gasteiger partial charge in [0.2, 0.25) is 0 Å². The summed E-state index contributed by atoms with van der Waals surface area (Å²) in [5.41, 5.74) is 0. The van der Waals surface area contributed by atoms with Gasteiger partial charge in [0.05, 0.1) is 0 Å². The lowest BCUT2D eigenvalue weighted by molar-refractivity contribution is -0.140. The predicted molar refractivity (Wildman–Crippen MR) is 51.4 cm³/mol. The Hall–Kier alpha value is -0.830. The first-order chi connectivity index (χ1) is 6.29. The SMILES string of the molecule is C=CCN(CC)C(=O)C1CCCO1. The van der Waals surface area contributed by atoms with E-state index < -0.39 is 0 Å². The van der Waals surface area contributed by atoms with Crippen molar-refractivity contribution in [1.82, 2.24) is 4.90 Å². The van der Waals surface area contributed by atoms with E-state index in [9.17, 15) is 4.79 Å². The smallest absolute Gasteiger partial charge is 0.251 e. The van der Waals surface area contributed by atoms with E-state index in [2.05, 4.69) is 6.58 Å². The molecule has 0 aromatic rings. The van der Waals surface area contributed by atoms with Gasteiger partial charge < -0.3 is 9.64 Å². The van der Waals surface area contributed by atoms with E-state index in [1.807, 2.05) is 6.92 Å². The maximum Gasteiger partial charge on any atom is 0.251 e. The number of rotatable bonds is 4. The lowest BCUT2D eigenvalue weighted by Crippen LogP contribution is -2.38. The van der Waals surface area contributed by atoms with Gasteiger partial charge in [-0.1, -0.05) is 6.08 Å². The van der Waals surface area contributed by atoms with Gasteiger partial charge in [-0.2, -0.15) is 0 Å². The van der Waals surface area contributed by atoms with Gasteiger partial charge in [0.1, 0.15) is 6.10 Å². The fourth-order valence-corrected chi connectivity index (χ4v) is 1.51. The minimum Gasteiger partial charge on any atom is -0.368 e. The molecule has 0 saturated carbocycles. The molecule has 0 spiro atoms. The highest BCUT2D eigenvalue weighted by Crippen LogP contribution is 2.14. The van der Waals surface area contributed by atoms with Crippen molar-refractivity contribution in [1.29, 1.82) is 0 Å². The van der Waals surface area contributed by atoms with Crippen molar-refractivity contribution in [3.63, 3.8) is 0 Å². The van der Waals surface area contributed by atoms with Crippen LogP contribution in [-0.4, -0.2) is 36.6 Å². The number of likely N-dealkylation sites (N-methyl/N-ethyl adjacent to an activating group) is 1. The highest BCUT2D eigenvalue weighted by atomic mass is 16.5. The van der Waals surface area contributed by atoms with Crippen molar-refractivity contribution in [3.05, 3.63) is 12.7 Å². The quantitative estimate of drug-likeness (QED) is 0.613. The monoisotopic (exact) mass is 183 g/mol. The molecule has 0 radical (unpaired) electrons. The van der Waals surface area contributed by atoms with Crippen molar-refractivity contribution in [2.75, 3.05) is 19.7 Å². The molecule has 3 heteroatoms. The zero-order valence-electron chi connectivity index (χ0n) is 8.16. The lowest BCUT2D eigenvalue weighted by Gasteiger charge is -2.22. The van der Waals surface area contributed by atoms with Crippen molar-refractivity contribution in [3.8, 4) is 0 Å². The van der Waals surface area contributed by atoms with E-state index in [1.54, 1.807) is 11.0 Å². The molecule has 1 atom stereocenters. The summed E-state index contributed by atoms with van der Waals surface area (Å²) in [7, 11) is 0. The third kappa shape index (κ3) is 2.56. The van der Waals surface area contributed by atoms with Crippen LogP contribution < -0.4 is 0 Å². The second kappa shape index (κ2) is 5.02. The topological polar surface area (TPSA) is 29.5 Å². The van der Waals surface area contributed by atoms with Crippen LogP contribution in [0.5, 0.6) is 0 Å². The number of ether oxygens (including phenoxy) is 1. The van der Waals surface area contributed by atoms with E-state index in [0.29, 0.717) is 6.54 Å². The van der Waals surface area contributed by atoms with E-state index in [1.165, 1.54) is 0 Å². The Balaban J connectivity index is 2.46. The molecule has 13 heavy (non-hydrogen) atoms. The zero-order valence-corrected chi connectivity index (χ0v) is 8.16. The van der Waals surface area contributed by atoms with E-state index >= 15 is 0 Å². The summed E-state index contributed by atoms with van der Waals surface area (Å²) in [6.07, 6.45) is 3.42. The fraction of sp³-hybridized carbons (Fsp3) is 0.700. The molecule has 1 heterocycles. The number of hydrogen-bond donors (Lipinski definition) is 0. The van der Waals surface area contributed by atoms with Crippen LogP contribution in [0, 0.1) is 0 Å². The molecule has 0 bridgehead atoms. The highest BCUT2D eigenvalue weighted by molar-refractivity contribution is 5.81. The zero-order chi connectivity index (χ0) is 9.68. The van der Waals surface area contributed by atoms with E-state index in [0.717, 1.165) is 26.0 Å². The van der Waals surface area contributed by atoms with Crippen LogP contribution in [0.15, 0.2) is 12.7 Å². The van der Waals surface area contributed by atoms with E-state index in [4.69, 9.17) is 4.74 Å². The lowest BCUT2D eigenvalue weighted by atomic mass is 10.2. The Morgan fingerprint density at radius 1 is 1.77 bits per heavy atom. The molecule has 0 aliphatic carbocycles. The minimum absolute atomic E-state index is 0.111. The van der Waals surface area contributed by atoms with Crippen molar-refractivity contribution in [2.24, 2.45) is 0 Å². The molecule has 1 unspecified atom stereocenters. The van der Waals surface area contributed by atoms with Crippen molar-refractivity contribution >= 4 is 5.91 Å². The first kappa shape index (κ1) is 10.3. The number of hydrogen-bond acceptors (Lipinski definition) is 2. The minimum atomic E-state index is -0.195. The standard InChI is InChI=1S/C10H17NO2/c1-3-7-11(4-2)10(12)9-6-5-8-13-9/h3,9H,1,4-8H2,2H3. The number of carbonyl (C=O) groups excluding carboxylic acids is 1. The maximum atomic E-state index is 11.7. The van der Waals surface area contributed by atoms with Gasteiger partial charge in [0.15, 0.2) is 0 Å². The van der Waals surface area contributed by atoms with Crippen LogP contribution in [0.1, 0.15) is 19.8 Å². The number of nitrogens with zero attached hydrogens (tertiary/aromatic N) is 1. The van der Waals surface area contributed by atoms with Gasteiger partial charge in [0.25, 0.3) is 5.91 Å². The molecular weight excluding hydrogens is 166 g/mol. The van der Waals surface area contributed by atoms with Gasteiger partial charge in [-0.3, -0.25) is 4.79 Å².